The van der Waals surface area contributed by atoms with Crippen LogP contribution in [0.25, 0.3) is 0 Å². The molecule has 5 nitrogen and oxygen atoms in total. The average Bonchev–Trinajstić information content (AvgIpc) is 2.45. The number of carbonyl (C=O) groups excluding carboxylic acids is 1. The maximum Gasteiger partial charge on any atom is 0.265 e. The average molecular weight is 311 g/mol. The van der Waals surface area contributed by atoms with Crippen molar-refractivity contribution in [2.24, 2.45) is 0 Å². The van der Waals surface area contributed by atoms with E-state index in [2.05, 4.69) is 15.3 Å². The van der Waals surface area contributed by atoms with Crippen molar-refractivity contribution in [3.05, 3.63) is 52.4 Å². The number of H-pyrrole nitrogens is 1. The van der Waals surface area contributed by atoms with Crippen LogP contribution in [0, 0.1) is 0 Å². The summed E-state index contributed by atoms with van der Waals surface area (Å²) in [6, 6.07) is 6.95. The van der Waals surface area contributed by atoms with Gasteiger partial charge in [0, 0.05) is 23.5 Å². The van der Waals surface area contributed by atoms with Crippen LogP contribution in [-0.2, 0) is 4.79 Å². The van der Waals surface area contributed by atoms with E-state index in [4.69, 9.17) is 0 Å². The fourth-order valence-electron chi connectivity index (χ4n) is 1.55. The van der Waals surface area contributed by atoms with Crippen LogP contribution >= 0.6 is 11.8 Å². The monoisotopic (exact) mass is 311 g/mol. The number of halogens is 2. The lowest BCUT2D eigenvalue weighted by Gasteiger charge is -2.09. The predicted molar refractivity (Wildman–Crippen MR) is 75.6 cm³/mol. The van der Waals surface area contributed by atoms with Crippen molar-refractivity contribution in [2.45, 2.75) is 11.6 Å². The Hall–Kier alpha value is -2.22. The molecule has 0 unspecified atom stereocenters. The number of alkyl halides is 2. The molecule has 8 heteroatoms. The molecule has 1 aromatic carbocycles. The predicted octanol–water partition coefficient (Wildman–Crippen LogP) is 2.44. The highest BCUT2D eigenvalue weighted by Crippen LogP contribution is 2.26. The zero-order valence-electron chi connectivity index (χ0n) is 10.7. The lowest BCUT2D eigenvalue weighted by molar-refractivity contribution is -0.113. The third-order valence-electron chi connectivity index (χ3n) is 2.46. The summed E-state index contributed by atoms with van der Waals surface area (Å²) < 4.78 is 25.5. The maximum absolute atomic E-state index is 12.8. The number of para-hydroxylation sites is 1. The Morgan fingerprint density at radius 1 is 1.33 bits per heavy atom. The number of carbonyl (C=O) groups is 1. The first-order valence-corrected chi connectivity index (χ1v) is 6.90. The summed E-state index contributed by atoms with van der Waals surface area (Å²) in [5.74, 6) is -0.510. The number of hydrogen-bond acceptors (Lipinski definition) is 4. The summed E-state index contributed by atoms with van der Waals surface area (Å²) in [6.07, 6.45) is -1.34. The van der Waals surface area contributed by atoms with Crippen molar-refractivity contribution in [1.29, 1.82) is 0 Å². The topological polar surface area (TPSA) is 74.8 Å². The minimum atomic E-state index is -2.67. The molecular weight excluding hydrogens is 300 g/mol. The van der Waals surface area contributed by atoms with Crippen LogP contribution in [-0.4, -0.2) is 21.6 Å². The molecule has 0 bridgehead atoms. The first-order chi connectivity index (χ1) is 10.1. The van der Waals surface area contributed by atoms with Crippen LogP contribution in [0.15, 0.2) is 46.5 Å². The number of aromatic nitrogens is 2. The van der Waals surface area contributed by atoms with Crippen molar-refractivity contribution in [3.63, 3.8) is 0 Å². The van der Waals surface area contributed by atoms with Crippen LogP contribution < -0.4 is 10.9 Å². The lowest BCUT2D eigenvalue weighted by atomic mass is 10.2. The molecule has 0 fully saturated rings. The Kier molecular flexibility index (Phi) is 5.04. The van der Waals surface area contributed by atoms with E-state index in [1.807, 2.05) is 0 Å². The maximum atomic E-state index is 12.8. The molecule has 0 saturated carbocycles. The van der Waals surface area contributed by atoms with Gasteiger partial charge in [-0.25, -0.2) is 13.8 Å². The standard InChI is InChI=1S/C13H11F2N3O2S/c14-12(15)8-3-1-2-4-9(8)17-11(20)7-21-13-16-6-5-10(19)18-13/h1-6,12H,7H2,(H,17,20)(H,16,18,19). The van der Waals surface area contributed by atoms with E-state index < -0.39 is 12.3 Å². The van der Waals surface area contributed by atoms with Crippen LogP contribution in [0.5, 0.6) is 0 Å². The van der Waals surface area contributed by atoms with E-state index in [-0.39, 0.29) is 22.6 Å². The number of nitrogens with one attached hydrogen (secondary N) is 2. The summed E-state index contributed by atoms with van der Waals surface area (Å²) in [7, 11) is 0. The summed E-state index contributed by atoms with van der Waals surface area (Å²) in [5.41, 5.74) is -0.481. The first-order valence-electron chi connectivity index (χ1n) is 5.91. The van der Waals surface area contributed by atoms with Crippen LogP contribution in [0.1, 0.15) is 12.0 Å². The van der Waals surface area contributed by atoms with Gasteiger partial charge in [0.15, 0.2) is 5.16 Å². The van der Waals surface area contributed by atoms with Crippen LogP contribution in [0.2, 0.25) is 0 Å². The van der Waals surface area contributed by atoms with Crippen LogP contribution in [0.3, 0.4) is 0 Å². The zero-order valence-corrected chi connectivity index (χ0v) is 11.5. The van der Waals surface area contributed by atoms with E-state index in [9.17, 15) is 18.4 Å². The zero-order chi connectivity index (χ0) is 15.2. The fourth-order valence-corrected chi connectivity index (χ4v) is 2.19. The normalized spacial score (nSPS) is 10.6. The smallest absolute Gasteiger partial charge is 0.265 e. The molecule has 0 saturated heterocycles. The number of anilines is 1. The van der Waals surface area contributed by atoms with Crippen molar-refractivity contribution >= 4 is 23.4 Å². The highest BCUT2D eigenvalue weighted by Gasteiger charge is 2.14. The van der Waals surface area contributed by atoms with Gasteiger partial charge < -0.3 is 10.3 Å². The largest absolute Gasteiger partial charge is 0.325 e. The third-order valence-corrected chi connectivity index (χ3v) is 3.35. The van der Waals surface area contributed by atoms with Gasteiger partial charge in [-0.15, -0.1) is 0 Å². The Bertz CT molecular complexity index is 691. The molecule has 0 aliphatic carbocycles. The second kappa shape index (κ2) is 6.98. The van der Waals surface area contributed by atoms with Gasteiger partial charge in [-0.1, -0.05) is 30.0 Å². The molecule has 1 amide bonds. The number of hydrogen-bond donors (Lipinski definition) is 2. The Labute approximate surface area is 122 Å². The van der Waals surface area contributed by atoms with Gasteiger partial charge in [-0.3, -0.25) is 9.59 Å². The van der Waals surface area contributed by atoms with E-state index in [0.717, 1.165) is 11.8 Å². The molecule has 2 aromatic rings. The summed E-state index contributed by atoms with van der Waals surface area (Å²) in [6.45, 7) is 0. The molecular formula is C13H11F2N3O2S. The first kappa shape index (κ1) is 15.2. The Morgan fingerprint density at radius 2 is 2.10 bits per heavy atom. The lowest BCUT2D eigenvalue weighted by Crippen LogP contribution is -2.16. The number of benzene rings is 1. The minimum absolute atomic E-state index is 0.0511. The molecule has 0 spiro atoms. The van der Waals surface area contributed by atoms with Gasteiger partial charge in [0.1, 0.15) is 0 Å². The van der Waals surface area contributed by atoms with E-state index in [0.29, 0.717) is 5.16 Å². The highest BCUT2D eigenvalue weighted by atomic mass is 32.2. The molecule has 21 heavy (non-hydrogen) atoms. The van der Waals surface area contributed by atoms with Gasteiger partial charge in [0.2, 0.25) is 5.91 Å². The summed E-state index contributed by atoms with van der Waals surface area (Å²) in [5, 5.41) is 2.71. The number of amides is 1. The van der Waals surface area contributed by atoms with Gasteiger partial charge in [0.05, 0.1) is 5.75 Å². The Morgan fingerprint density at radius 3 is 2.81 bits per heavy atom. The summed E-state index contributed by atoms with van der Waals surface area (Å²) in [4.78, 5) is 29.1. The molecule has 0 aliphatic heterocycles. The molecule has 2 N–H and O–H groups in total. The van der Waals surface area contributed by atoms with E-state index in [1.54, 1.807) is 6.07 Å². The van der Waals surface area contributed by atoms with Crippen molar-refractivity contribution in [3.8, 4) is 0 Å². The second-order valence-electron chi connectivity index (χ2n) is 3.96. The molecule has 0 aliphatic rings. The van der Waals surface area contributed by atoms with Crippen molar-refractivity contribution in [2.75, 3.05) is 11.1 Å². The van der Waals surface area contributed by atoms with Crippen molar-refractivity contribution < 1.29 is 13.6 Å². The molecule has 0 radical (unpaired) electrons. The third kappa shape index (κ3) is 4.38. The second-order valence-corrected chi connectivity index (χ2v) is 4.93. The number of nitrogens with zero attached hydrogens (tertiary/aromatic N) is 1. The van der Waals surface area contributed by atoms with Crippen molar-refractivity contribution in [1.82, 2.24) is 9.97 Å². The molecule has 1 aromatic heterocycles. The fraction of sp³-hybridized carbons (Fsp3) is 0.154. The Balaban J connectivity index is 1.98. The van der Waals surface area contributed by atoms with E-state index >= 15 is 0 Å². The molecule has 1 heterocycles. The quantitative estimate of drug-likeness (QED) is 0.657. The molecule has 110 valence electrons. The minimum Gasteiger partial charge on any atom is -0.325 e. The highest BCUT2D eigenvalue weighted by molar-refractivity contribution is 7.99. The molecule has 2 rings (SSSR count). The molecule has 0 atom stereocenters. The number of rotatable bonds is 5. The van der Waals surface area contributed by atoms with E-state index in [1.165, 1.54) is 30.5 Å². The van der Waals surface area contributed by atoms with Gasteiger partial charge >= 0.3 is 0 Å². The van der Waals surface area contributed by atoms with Gasteiger partial charge in [0.25, 0.3) is 12.0 Å². The van der Waals surface area contributed by atoms with Gasteiger partial charge in [-0.2, -0.15) is 0 Å². The number of aromatic amines is 1. The SMILES string of the molecule is O=C(CSc1nccc(=O)[nH]1)Nc1ccccc1C(F)F. The number of thioether (sulfide) groups is 1. The van der Waals surface area contributed by atoms with Gasteiger partial charge in [-0.05, 0) is 6.07 Å². The van der Waals surface area contributed by atoms with Crippen LogP contribution in [0.4, 0.5) is 14.5 Å². The summed E-state index contributed by atoms with van der Waals surface area (Å²) >= 11 is 1.01.